The second kappa shape index (κ2) is 6.20. The number of piperazine rings is 1. The molecule has 0 aliphatic carbocycles. The fourth-order valence-electron chi connectivity index (χ4n) is 2.66. The molecule has 2 rings (SSSR count). The van der Waals surface area contributed by atoms with Gasteiger partial charge in [-0.15, -0.1) is 0 Å². The van der Waals surface area contributed by atoms with Crippen molar-refractivity contribution in [3.63, 3.8) is 0 Å². The third-order valence-corrected chi connectivity index (χ3v) is 4.10. The maximum Gasteiger partial charge on any atom is 0.0948 e. The first-order chi connectivity index (χ1) is 9.39. The highest BCUT2D eigenvalue weighted by molar-refractivity contribution is 7.80. The van der Waals surface area contributed by atoms with Crippen LogP contribution in [-0.2, 0) is 5.41 Å². The number of thiocarbonyl (C=S) groups is 1. The highest BCUT2D eigenvalue weighted by atomic mass is 32.1. The van der Waals surface area contributed by atoms with Gasteiger partial charge in [-0.05, 0) is 16.5 Å². The molecule has 4 heteroatoms. The Morgan fingerprint density at radius 2 is 1.75 bits per heavy atom. The fraction of sp³-hybridized carbons (Fsp3) is 0.562. The minimum atomic E-state index is 0.0566. The SMILES string of the molecule is CC(C)(C)c1ccc(C(C(N)=S)N2CCNCC2)cc1. The monoisotopic (exact) mass is 291 g/mol. The summed E-state index contributed by atoms with van der Waals surface area (Å²) in [5.41, 5.74) is 8.70. The molecule has 3 nitrogen and oxygen atoms in total. The summed E-state index contributed by atoms with van der Waals surface area (Å²) >= 11 is 5.30. The number of nitrogens with zero attached hydrogens (tertiary/aromatic N) is 1. The maximum atomic E-state index is 5.99. The van der Waals surface area contributed by atoms with Crippen molar-refractivity contribution in [2.24, 2.45) is 5.73 Å². The van der Waals surface area contributed by atoms with Crippen molar-refractivity contribution in [3.05, 3.63) is 35.4 Å². The molecule has 1 aliphatic heterocycles. The smallest absolute Gasteiger partial charge is 0.0948 e. The Hall–Kier alpha value is -0.970. The summed E-state index contributed by atoms with van der Waals surface area (Å²) in [5.74, 6) is 0. The van der Waals surface area contributed by atoms with Gasteiger partial charge >= 0.3 is 0 Å². The zero-order valence-electron chi connectivity index (χ0n) is 12.6. The largest absolute Gasteiger partial charge is 0.392 e. The van der Waals surface area contributed by atoms with Gasteiger partial charge in [-0.1, -0.05) is 57.3 Å². The van der Waals surface area contributed by atoms with Crippen molar-refractivity contribution in [3.8, 4) is 0 Å². The molecule has 0 bridgehead atoms. The molecule has 1 fully saturated rings. The molecular formula is C16H25N3S. The minimum Gasteiger partial charge on any atom is -0.392 e. The van der Waals surface area contributed by atoms with Gasteiger partial charge < -0.3 is 11.1 Å². The Bertz CT molecular complexity index is 456. The van der Waals surface area contributed by atoms with Crippen molar-refractivity contribution in [1.29, 1.82) is 0 Å². The Balaban J connectivity index is 2.23. The number of nitrogens with one attached hydrogen (secondary N) is 1. The molecule has 1 aromatic carbocycles. The van der Waals surface area contributed by atoms with Crippen molar-refractivity contribution >= 4 is 17.2 Å². The molecule has 20 heavy (non-hydrogen) atoms. The fourth-order valence-corrected chi connectivity index (χ4v) is 2.95. The van der Waals surface area contributed by atoms with Crippen LogP contribution in [0.3, 0.4) is 0 Å². The summed E-state index contributed by atoms with van der Waals surface area (Å²) in [5, 5.41) is 3.36. The van der Waals surface area contributed by atoms with E-state index in [4.69, 9.17) is 18.0 Å². The lowest BCUT2D eigenvalue weighted by Crippen LogP contribution is -2.48. The van der Waals surface area contributed by atoms with Gasteiger partial charge in [-0.2, -0.15) is 0 Å². The average Bonchev–Trinajstić information content (AvgIpc) is 2.39. The molecule has 1 heterocycles. The topological polar surface area (TPSA) is 41.3 Å². The molecule has 0 amide bonds. The van der Waals surface area contributed by atoms with Crippen molar-refractivity contribution in [1.82, 2.24) is 10.2 Å². The van der Waals surface area contributed by atoms with E-state index in [0.29, 0.717) is 4.99 Å². The van der Waals surface area contributed by atoms with Gasteiger partial charge in [0.1, 0.15) is 0 Å². The molecular weight excluding hydrogens is 266 g/mol. The summed E-state index contributed by atoms with van der Waals surface area (Å²) in [6.45, 7) is 10.7. The summed E-state index contributed by atoms with van der Waals surface area (Å²) in [6.07, 6.45) is 0. The second-order valence-corrected chi connectivity index (χ2v) is 6.93. The first-order valence-electron chi connectivity index (χ1n) is 7.24. The second-order valence-electron chi connectivity index (χ2n) is 6.46. The van der Waals surface area contributed by atoms with Crippen LogP contribution in [0.15, 0.2) is 24.3 Å². The predicted octanol–water partition coefficient (Wildman–Crippen LogP) is 2.22. The molecule has 0 aromatic heterocycles. The van der Waals surface area contributed by atoms with Crippen LogP contribution in [0.5, 0.6) is 0 Å². The lowest BCUT2D eigenvalue weighted by molar-refractivity contribution is 0.215. The predicted molar refractivity (Wildman–Crippen MR) is 89.1 cm³/mol. The van der Waals surface area contributed by atoms with Crippen LogP contribution < -0.4 is 11.1 Å². The Labute approximate surface area is 127 Å². The van der Waals surface area contributed by atoms with Gasteiger partial charge in [0, 0.05) is 26.2 Å². The van der Waals surface area contributed by atoms with E-state index in [1.165, 1.54) is 11.1 Å². The molecule has 1 atom stereocenters. The highest BCUT2D eigenvalue weighted by Gasteiger charge is 2.24. The number of nitrogens with two attached hydrogens (primary N) is 1. The summed E-state index contributed by atoms with van der Waals surface area (Å²) in [4.78, 5) is 2.93. The third kappa shape index (κ3) is 3.57. The molecule has 0 spiro atoms. The Kier molecular flexibility index (Phi) is 4.78. The summed E-state index contributed by atoms with van der Waals surface area (Å²) in [7, 11) is 0. The molecule has 1 aliphatic rings. The summed E-state index contributed by atoms with van der Waals surface area (Å²) < 4.78 is 0. The van der Waals surface area contributed by atoms with Gasteiger partial charge in [0.2, 0.25) is 0 Å². The number of hydrogen-bond acceptors (Lipinski definition) is 3. The van der Waals surface area contributed by atoms with Crippen LogP contribution in [0.1, 0.15) is 37.9 Å². The molecule has 1 aromatic rings. The lowest BCUT2D eigenvalue weighted by Gasteiger charge is -2.34. The van der Waals surface area contributed by atoms with Crippen LogP contribution in [0.4, 0.5) is 0 Å². The third-order valence-electron chi connectivity index (χ3n) is 3.88. The molecule has 0 saturated carbocycles. The van der Waals surface area contributed by atoms with Crippen LogP contribution in [0, 0.1) is 0 Å². The molecule has 110 valence electrons. The van der Waals surface area contributed by atoms with Crippen molar-refractivity contribution in [2.75, 3.05) is 26.2 Å². The highest BCUT2D eigenvalue weighted by Crippen LogP contribution is 2.26. The van der Waals surface area contributed by atoms with Crippen LogP contribution in [-0.4, -0.2) is 36.1 Å². The van der Waals surface area contributed by atoms with Crippen LogP contribution in [0.2, 0.25) is 0 Å². The van der Waals surface area contributed by atoms with Crippen LogP contribution in [0.25, 0.3) is 0 Å². The van der Waals surface area contributed by atoms with E-state index in [9.17, 15) is 0 Å². The number of benzene rings is 1. The minimum absolute atomic E-state index is 0.0566. The standard InChI is InChI=1S/C16H25N3S/c1-16(2,3)13-6-4-12(5-7-13)14(15(17)20)19-10-8-18-9-11-19/h4-7,14,18H,8-11H2,1-3H3,(H2,17,20). The Morgan fingerprint density at radius 3 is 2.20 bits per heavy atom. The van der Waals surface area contributed by atoms with Gasteiger partial charge in [0.05, 0.1) is 11.0 Å². The van der Waals surface area contributed by atoms with E-state index in [1.807, 2.05) is 0 Å². The van der Waals surface area contributed by atoms with Gasteiger partial charge in [0.25, 0.3) is 0 Å². The summed E-state index contributed by atoms with van der Waals surface area (Å²) in [6, 6.07) is 8.80. The van der Waals surface area contributed by atoms with E-state index in [1.54, 1.807) is 0 Å². The molecule has 1 unspecified atom stereocenters. The van der Waals surface area contributed by atoms with E-state index < -0.39 is 0 Å². The van der Waals surface area contributed by atoms with Crippen LogP contribution >= 0.6 is 12.2 Å². The van der Waals surface area contributed by atoms with Crippen molar-refractivity contribution in [2.45, 2.75) is 32.2 Å². The zero-order valence-corrected chi connectivity index (χ0v) is 13.5. The van der Waals surface area contributed by atoms with E-state index in [-0.39, 0.29) is 11.5 Å². The maximum absolute atomic E-state index is 5.99. The average molecular weight is 291 g/mol. The number of hydrogen-bond donors (Lipinski definition) is 2. The van der Waals surface area contributed by atoms with Gasteiger partial charge in [-0.25, -0.2) is 0 Å². The molecule has 0 radical (unpaired) electrons. The quantitative estimate of drug-likeness (QED) is 0.838. The Morgan fingerprint density at radius 1 is 1.20 bits per heavy atom. The first-order valence-corrected chi connectivity index (χ1v) is 7.65. The van der Waals surface area contributed by atoms with Gasteiger partial charge in [0.15, 0.2) is 0 Å². The van der Waals surface area contributed by atoms with E-state index >= 15 is 0 Å². The van der Waals surface area contributed by atoms with E-state index in [2.05, 4.69) is 55.3 Å². The van der Waals surface area contributed by atoms with Gasteiger partial charge in [-0.3, -0.25) is 4.90 Å². The molecule has 1 saturated heterocycles. The number of rotatable bonds is 3. The zero-order chi connectivity index (χ0) is 14.8. The lowest BCUT2D eigenvalue weighted by atomic mass is 9.86. The van der Waals surface area contributed by atoms with E-state index in [0.717, 1.165) is 26.2 Å². The first kappa shape index (κ1) is 15.4. The normalized spacial score (nSPS) is 18.8. The molecule has 3 N–H and O–H groups in total. The van der Waals surface area contributed by atoms with Crippen molar-refractivity contribution < 1.29 is 0 Å².